The van der Waals surface area contributed by atoms with Gasteiger partial charge < -0.3 is 10.6 Å². The first-order valence-electron chi connectivity index (χ1n) is 19.8. The van der Waals surface area contributed by atoms with E-state index in [1.54, 1.807) is 88.2 Å². The van der Waals surface area contributed by atoms with E-state index in [9.17, 15) is 0 Å². The van der Waals surface area contributed by atoms with Crippen LogP contribution in [0.15, 0.2) is 48.5 Å². The summed E-state index contributed by atoms with van der Waals surface area (Å²) in [7, 11) is -0.166. The van der Waals surface area contributed by atoms with Gasteiger partial charge in [0.25, 0.3) is 0 Å². The molecule has 8 saturated carbocycles. The molecule has 4 heteroatoms. The van der Waals surface area contributed by atoms with Crippen LogP contribution in [0.2, 0.25) is 0 Å². The number of hydrogen-bond donors (Lipinski definition) is 2. The molecule has 12 rings (SSSR count). The van der Waals surface area contributed by atoms with Gasteiger partial charge in [-0.15, -0.1) is 0 Å². The fourth-order valence-corrected chi connectivity index (χ4v) is 22.6. The highest BCUT2D eigenvalue weighted by molar-refractivity contribution is 7.60. The molecule has 2 atom stereocenters. The van der Waals surface area contributed by atoms with E-state index in [1.165, 1.54) is 62.2 Å². The number of benzene rings is 2. The van der Waals surface area contributed by atoms with Crippen LogP contribution in [0, 0.1) is 35.5 Å². The Morgan fingerprint density at radius 3 is 1.50 bits per heavy atom. The Morgan fingerprint density at radius 2 is 1.04 bits per heavy atom. The molecule has 10 aliphatic rings. The second-order valence-electron chi connectivity index (χ2n) is 18.1. The average molecular weight is 653 g/mol. The molecule has 246 valence electrons. The first-order valence-corrected chi connectivity index (χ1v) is 23.0. The second-order valence-corrected chi connectivity index (χ2v) is 23.8. The first-order chi connectivity index (χ1) is 22.6. The smallest absolute Gasteiger partial charge is 0.0286 e. The third-order valence-electron chi connectivity index (χ3n) is 15.0. The SMILES string of the molecule is c1ccc(-c2ccc(CP(C34CC5CC(CC(C5)C3)C4)C34CC5CC(CC(C5)C3)C4)c(CP(C3CCCN3)C3CCCN3)c2)cc1. The van der Waals surface area contributed by atoms with Crippen molar-refractivity contribution in [2.45, 2.75) is 137 Å². The van der Waals surface area contributed by atoms with Crippen LogP contribution in [-0.2, 0) is 12.3 Å². The molecule has 46 heavy (non-hydrogen) atoms. The van der Waals surface area contributed by atoms with Crippen LogP contribution in [0.4, 0.5) is 0 Å². The molecule has 2 N–H and O–H groups in total. The maximum absolute atomic E-state index is 4.03. The van der Waals surface area contributed by atoms with Gasteiger partial charge in [0.05, 0.1) is 0 Å². The summed E-state index contributed by atoms with van der Waals surface area (Å²) in [4.78, 5) is 0. The molecular weight excluding hydrogens is 594 g/mol. The summed E-state index contributed by atoms with van der Waals surface area (Å²) in [5, 5.41) is 9.47. The molecule has 2 heterocycles. The summed E-state index contributed by atoms with van der Waals surface area (Å²) in [6.07, 6.45) is 27.6. The number of rotatable bonds is 9. The minimum absolute atomic E-state index is 0.0347. The monoisotopic (exact) mass is 652 g/mol. The maximum atomic E-state index is 4.03. The van der Waals surface area contributed by atoms with Crippen molar-refractivity contribution in [3.63, 3.8) is 0 Å². The Hall–Kier alpha value is -0.780. The lowest BCUT2D eigenvalue weighted by atomic mass is 9.55. The van der Waals surface area contributed by atoms with Gasteiger partial charge in [0.1, 0.15) is 0 Å². The molecule has 2 saturated heterocycles. The van der Waals surface area contributed by atoms with Gasteiger partial charge in [-0.3, -0.25) is 0 Å². The van der Waals surface area contributed by atoms with Crippen LogP contribution in [0.1, 0.15) is 114 Å². The first kappa shape index (κ1) is 30.1. The Kier molecular flexibility index (Phi) is 7.80. The summed E-state index contributed by atoms with van der Waals surface area (Å²) in [6.45, 7) is 2.47. The Balaban J connectivity index is 1.06. The van der Waals surface area contributed by atoms with Gasteiger partial charge in [0, 0.05) is 11.6 Å². The molecule has 0 amide bonds. The molecule has 2 unspecified atom stereocenters. The van der Waals surface area contributed by atoms with E-state index in [1.807, 2.05) is 0 Å². The molecule has 2 aromatic rings. The van der Waals surface area contributed by atoms with Gasteiger partial charge >= 0.3 is 0 Å². The summed E-state index contributed by atoms with van der Waals surface area (Å²) < 4.78 is 0. The minimum Gasteiger partial charge on any atom is -0.310 e. The molecular formula is C42H58N2P2. The predicted molar refractivity (Wildman–Crippen MR) is 197 cm³/mol. The largest absolute Gasteiger partial charge is 0.310 e. The van der Waals surface area contributed by atoms with E-state index in [-0.39, 0.29) is 15.8 Å². The van der Waals surface area contributed by atoms with Crippen LogP contribution in [0.25, 0.3) is 11.1 Å². The third kappa shape index (κ3) is 5.33. The number of nitrogens with one attached hydrogen (secondary N) is 2. The molecule has 0 radical (unpaired) electrons. The van der Waals surface area contributed by atoms with E-state index in [4.69, 9.17) is 0 Å². The van der Waals surface area contributed by atoms with Crippen LogP contribution in [-0.4, -0.2) is 35.0 Å². The Bertz CT molecular complexity index is 1280. The summed E-state index contributed by atoms with van der Waals surface area (Å²) in [5.74, 6) is 7.90. The second kappa shape index (κ2) is 11.9. The Labute approximate surface area is 281 Å². The van der Waals surface area contributed by atoms with Gasteiger partial charge in [0.15, 0.2) is 0 Å². The van der Waals surface area contributed by atoms with Crippen molar-refractivity contribution >= 4 is 15.8 Å². The zero-order valence-corrected chi connectivity index (χ0v) is 30.1. The maximum Gasteiger partial charge on any atom is 0.0286 e. The minimum atomic E-state index is -0.131. The zero-order chi connectivity index (χ0) is 30.3. The van der Waals surface area contributed by atoms with Gasteiger partial charge in [-0.25, -0.2) is 0 Å². The predicted octanol–water partition coefficient (Wildman–Crippen LogP) is 10.7. The van der Waals surface area contributed by atoms with Crippen molar-refractivity contribution in [3.05, 3.63) is 59.7 Å². The van der Waals surface area contributed by atoms with Crippen molar-refractivity contribution < 1.29 is 0 Å². The molecule has 2 aromatic carbocycles. The molecule has 8 bridgehead atoms. The molecule has 2 nitrogen and oxygen atoms in total. The standard InChI is InChI=1S/C42H58N2P2/c1-2-6-35(7-3-1)36-10-11-37(38(20-36)27-45(39-8-4-12-43-39)40-9-5-13-44-40)28-46(41-21-29-14-30(22-41)16-31(15-29)23-41)42-24-32-17-33(25-42)19-34(18-32)26-42/h1-3,6-7,10-11,20,29-34,39-40,43-44H,4-5,8-9,12-19,21-28H2. The van der Waals surface area contributed by atoms with Crippen molar-refractivity contribution in [1.82, 2.24) is 10.6 Å². The van der Waals surface area contributed by atoms with E-state index in [0.29, 0.717) is 10.3 Å². The molecule has 0 spiro atoms. The zero-order valence-electron chi connectivity index (χ0n) is 28.3. The van der Waals surface area contributed by atoms with Crippen molar-refractivity contribution in [1.29, 1.82) is 0 Å². The highest BCUT2D eigenvalue weighted by Crippen LogP contribution is 2.79. The van der Waals surface area contributed by atoms with Crippen LogP contribution in [0.3, 0.4) is 0 Å². The molecule has 10 fully saturated rings. The van der Waals surface area contributed by atoms with Crippen molar-refractivity contribution in [2.75, 3.05) is 13.1 Å². The van der Waals surface area contributed by atoms with Crippen molar-refractivity contribution in [3.8, 4) is 11.1 Å². The van der Waals surface area contributed by atoms with Gasteiger partial charge in [-0.05, 0) is 196 Å². The van der Waals surface area contributed by atoms with E-state index < -0.39 is 0 Å². The average Bonchev–Trinajstić information content (AvgIpc) is 3.78. The molecule has 0 aromatic heterocycles. The highest BCUT2D eigenvalue weighted by atomic mass is 31.1. The lowest BCUT2D eigenvalue weighted by Gasteiger charge is -2.67. The molecule has 8 aliphatic carbocycles. The highest BCUT2D eigenvalue weighted by Gasteiger charge is 2.62. The lowest BCUT2D eigenvalue weighted by molar-refractivity contribution is 0.0184. The van der Waals surface area contributed by atoms with E-state index in [2.05, 4.69) is 59.2 Å². The lowest BCUT2D eigenvalue weighted by Crippen LogP contribution is -2.56. The summed E-state index contributed by atoms with van der Waals surface area (Å²) in [5.41, 5.74) is 6.43. The van der Waals surface area contributed by atoms with Crippen molar-refractivity contribution in [2.24, 2.45) is 35.5 Å². The summed E-state index contributed by atoms with van der Waals surface area (Å²) in [6, 6.07) is 19.3. The van der Waals surface area contributed by atoms with Gasteiger partial charge in [-0.2, -0.15) is 0 Å². The fraction of sp³-hybridized carbons (Fsp3) is 0.714. The molecule has 2 aliphatic heterocycles. The normalized spacial score (nSPS) is 43.4. The Morgan fingerprint density at radius 1 is 0.543 bits per heavy atom. The van der Waals surface area contributed by atoms with Crippen LogP contribution in [0.5, 0.6) is 0 Å². The van der Waals surface area contributed by atoms with E-state index in [0.717, 1.165) is 47.1 Å². The summed E-state index contributed by atoms with van der Waals surface area (Å²) >= 11 is 0. The number of hydrogen-bond acceptors (Lipinski definition) is 2. The van der Waals surface area contributed by atoms with E-state index >= 15 is 0 Å². The third-order valence-corrected chi connectivity index (χ3v) is 22.3. The van der Waals surface area contributed by atoms with Crippen LogP contribution < -0.4 is 10.6 Å². The fourth-order valence-electron chi connectivity index (χ4n) is 14.1. The topological polar surface area (TPSA) is 24.1 Å². The van der Waals surface area contributed by atoms with Crippen LogP contribution >= 0.6 is 15.8 Å². The van der Waals surface area contributed by atoms with Gasteiger partial charge in [0.2, 0.25) is 0 Å². The quantitative estimate of drug-likeness (QED) is 0.264. The van der Waals surface area contributed by atoms with Gasteiger partial charge in [-0.1, -0.05) is 64.4 Å².